The van der Waals surface area contributed by atoms with Gasteiger partial charge in [-0.3, -0.25) is 9.69 Å². The van der Waals surface area contributed by atoms with Gasteiger partial charge in [-0.15, -0.1) is 0 Å². The highest BCUT2D eigenvalue weighted by molar-refractivity contribution is 5.86. The maximum absolute atomic E-state index is 12.2. The first kappa shape index (κ1) is 11.1. The van der Waals surface area contributed by atoms with Crippen LogP contribution in [-0.2, 0) is 4.79 Å². The van der Waals surface area contributed by atoms with Gasteiger partial charge in [0.05, 0.1) is 6.04 Å². The summed E-state index contributed by atoms with van der Waals surface area (Å²) in [4.78, 5) is 17.1. The van der Waals surface area contributed by atoms with E-state index < -0.39 is 0 Å². The van der Waals surface area contributed by atoms with Gasteiger partial charge in [-0.05, 0) is 19.4 Å². The van der Waals surface area contributed by atoms with Crippen LogP contribution in [0.2, 0.25) is 0 Å². The number of hydrogen-bond acceptors (Lipinski definition) is 3. The van der Waals surface area contributed by atoms with Crippen LogP contribution in [0.25, 0.3) is 0 Å². The summed E-state index contributed by atoms with van der Waals surface area (Å²) in [5, 5.41) is 0. The fraction of sp³-hybridized carbons (Fsp3) is 0.917. The smallest absolute Gasteiger partial charge is 0.154 e. The van der Waals surface area contributed by atoms with E-state index in [0.29, 0.717) is 5.78 Å². The molecule has 0 radical (unpaired) electrons. The number of carbonyl (C=O) groups excluding carboxylic acids is 1. The summed E-state index contributed by atoms with van der Waals surface area (Å²) >= 11 is 0. The Morgan fingerprint density at radius 3 is 2.87 bits per heavy atom. The zero-order chi connectivity index (χ0) is 10.8. The van der Waals surface area contributed by atoms with Crippen molar-refractivity contribution >= 4 is 5.78 Å². The van der Waals surface area contributed by atoms with Crippen LogP contribution in [0.15, 0.2) is 0 Å². The minimum absolute atomic E-state index is 0.191. The maximum atomic E-state index is 12.2. The van der Waals surface area contributed by atoms with E-state index in [9.17, 15) is 4.79 Å². The van der Waals surface area contributed by atoms with E-state index in [1.807, 2.05) is 0 Å². The fourth-order valence-corrected chi connectivity index (χ4v) is 2.64. The predicted molar refractivity (Wildman–Crippen MR) is 60.9 cm³/mol. The standard InChI is InChI=1S/C12H22N2O/c1-3-10(2)12(15)11-9-13-5-4-6-14(11)8-7-13/h10-11H,3-9H2,1-2H3. The van der Waals surface area contributed by atoms with Gasteiger partial charge in [-0.25, -0.2) is 0 Å². The number of piperazine rings is 1. The number of carbonyl (C=O) groups is 1. The molecule has 2 bridgehead atoms. The molecule has 0 aromatic carbocycles. The second-order valence-electron chi connectivity index (χ2n) is 4.92. The van der Waals surface area contributed by atoms with Crippen LogP contribution in [0.5, 0.6) is 0 Å². The molecule has 4 atom stereocenters. The zero-order valence-corrected chi connectivity index (χ0v) is 9.91. The summed E-state index contributed by atoms with van der Waals surface area (Å²) in [6.07, 6.45) is 2.20. The monoisotopic (exact) mass is 210 g/mol. The first-order valence-corrected chi connectivity index (χ1v) is 6.22. The lowest BCUT2D eigenvalue weighted by Gasteiger charge is -2.37. The second-order valence-corrected chi connectivity index (χ2v) is 4.92. The van der Waals surface area contributed by atoms with Crippen molar-refractivity contribution in [2.45, 2.75) is 32.7 Å². The van der Waals surface area contributed by atoms with Crippen LogP contribution >= 0.6 is 0 Å². The molecule has 0 spiro atoms. The highest BCUT2D eigenvalue weighted by atomic mass is 16.1. The van der Waals surface area contributed by atoms with Crippen molar-refractivity contribution < 1.29 is 4.79 Å². The molecule has 0 saturated carbocycles. The third-order valence-electron chi connectivity index (χ3n) is 3.92. The topological polar surface area (TPSA) is 23.6 Å². The highest BCUT2D eigenvalue weighted by Crippen LogP contribution is 2.19. The molecule has 0 aromatic rings. The Morgan fingerprint density at radius 2 is 2.13 bits per heavy atom. The Bertz CT molecular complexity index is 238. The summed E-state index contributed by atoms with van der Waals surface area (Å²) in [5.41, 5.74) is 0. The van der Waals surface area contributed by atoms with Crippen LogP contribution in [0.4, 0.5) is 0 Å². The Kier molecular flexibility index (Phi) is 3.42. The molecule has 0 N–H and O–H groups in total. The normalized spacial score (nSPS) is 37.3. The van der Waals surface area contributed by atoms with Crippen molar-refractivity contribution in [3.63, 3.8) is 0 Å². The summed E-state index contributed by atoms with van der Waals surface area (Å²) in [5.74, 6) is 0.694. The van der Waals surface area contributed by atoms with Crippen molar-refractivity contribution in [3.05, 3.63) is 0 Å². The summed E-state index contributed by atoms with van der Waals surface area (Å²) < 4.78 is 0. The Labute approximate surface area is 92.4 Å². The molecule has 3 rings (SSSR count). The predicted octanol–water partition coefficient (Wildman–Crippen LogP) is 0.991. The molecule has 0 aromatic heterocycles. The van der Waals surface area contributed by atoms with Gasteiger partial charge >= 0.3 is 0 Å². The minimum Gasteiger partial charge on any atom is -0.300 e. The van der Waals surface area contributed by atoms with E-state index >= 15 is 0 Å². The summed E-state index contributed by atoms with van der Waals surface area (Å²) in [7, 11) is 0. The van der Waals surface area contributed by atoms with Crippen molar-refractivity contribution in [1.29, 1.82) is 0 Å². The molecule has 4 unspecified atom stereocenters. The molecule has 0 aliphatic carbocycles. The number of Topliss-reactive ketones (excluding diaryl/α,β-unsaturated/α-hetero) is 1. The van der Waals surface area contributed by atoms with Gasteiger partial charge in [0.15, 0.2) is 5.78 Å². The highest BCUT2D eigenvalue weighted by Gasteiger charge is 2.35. The number of fused-ring (bicyclic) bond motifs is 4. The average Bonchev–Trinajstić information content (AvgIpc) is 2.61. The molecule has 3 fully saturated rings. The third-order valence-corrected chi connectivity index (χ3v) is 3.92. The first-order chi connectivity index (χ1) is 7.22. The molecule has 3 aliphatic heterocycles. The molecule has 3 heterocycles. The quantitative estimate of drug-likeness (QED) is 0.694. The molecular weight excluding hydrogens is 188 g/mol. The van der Waals surface area contributed by atoms with E-state index in [2.05, 4.69) is 23.6 Å². The van der Waals surface area contributed by atoms with Crippen LogP contribution in [0.3, 0.4) is 0 Å². The van der Waals surface area contributed by atoms with Crippen LogP contribution < -0.4 is 0 Å². The first-order valence-electron chi connectivity index (χ1n) is 6.22. The molecule has 15 heavy (non-hydrogen) atoms. The average molecular weight is 210 g/mol. The van der Waals surface area contributed by atoms with Crippen molar-refractivity contribution in [2.75, 3.05) is 32.7 Å². The Morgan fingerprint density at radius 1 is 1.33 bits per heavy atom. The van der Waals surface area contributed by atoms with Gasteiger partial charge in [-0.2, -0.15) is 0 Å². The Balaban J connectivity index is 2.05. The molecule has 3 saturated heterocycles. The van der Waals surface area contributed by atoms with Crippen molar-refractivity contribution in [3.8, 4) is 0 Å². The molecular formula is C12H22N2O. The summed E-state index contributed by atoms with van der Waals surface area (Å²) in [6, 6.07) is 0.191. The van der Waals surface area contributed by atoms with Gasteiger partial charge in [0.1, 0.15) is 0 Å². The van der Waals surface area contributed by atoms with E-state index in [1.54, 1.807) is 0 Å². The molecule has 86 valence electrons. The number of ketones is 1. The van der Waals surface area contributed by atoms with Gasteiger partial charge < -0.3 is 4.90 Å². The summed E-state index contributed by atoms with van der Waals surface area (Å²) in [6.45, 7) is 9.69. The second kappa shape index (κ2) is 4.62. The lowest BCUT2D eigenvalue weighted by atomic mass is 9.95. The maximum Gasteiger partial charge on any atom is 0.154 e. The van der Waals surface area contributed by atoms with Crippen LogP contribution in [-0.4, -0.2) is 54.3 Å². The zero-order valence-electron chi connectivity index (χ0n) is 9.91. The molecule has 3 aliphatic rings. The minimum atomic E-state index is 0.191. The van der Waals surface area contributed by atoms with E-state index in [4.69, 9.17) is 0 Å². The van der Waals surface area contributed by atoms with Gasteiger partial charge in [0.25, 0.3) is 0 Å². The lowest BCUT2D eigenvalue weighted by Crippen LogP contribution is -2.54. The van der Waals surface area contributed by atoms with E-state index in [0.717, 1.165) is 32.6 Å². The van der Waals surface area contributed by atoms with E-state index in [-0.39, 0.29) is 12.0 Å². The largest absolute Gasteiger partial charge is 0.300 e. The van der Waals surface area contributed by atoms with Crippen molar-refractivity contribution in [2.24, 2.45) is 5.92 Å². The molecule has 3 heteroatoms. The fourth-order valence-electron chi connectivity index (χ4n) is 2.64. The lowest BCUT2D eigenvalue weighted by molar-refractivity contribution is -0.129. The van der Waals surface area contributed by atoms with Gasteiger partial charge in [0, 0.05) is 32.1 Å². The van der Waals surface area contributed by atoms with E-state index in [1.165, 1.54) is 13.0 Å². The molecule has 3 nitrogen and oxygen atoms in total. The third kappa shape index (κ3) is 2.23. The van der Waals surface area contributed by atoms with Crippen LogP contribution in [0, 0.1) is 5.92 Å². The molecule has 0 amide bonds. The van der Waals surface area contributed by atoms with Gasteiger partial charge in [-0.1, -0.05) is 13.8 Å². The number of rotatable bonds is 3. The Hall–Kier alpha value is -0.410. The van der Waals surface area contributed by atoms with Crippen LogP contribution in [0.1, 0.15) is 26.7 Å². The van der Waals surface area contributed by atoms with Gasteiger partial charge in [0.2, 0.25) is 0 Å². The van der Waals surface area contributed by atoms with Crippen molar-refractivity contribution in [1.82, 2.24) is 9.80 Å². The SMILES string of the molecule is CCC(C)C(=O)C1CN2CCCN1CC2. The number of hydrogen-bond donors (Lipinski definition) is 0. The number of nitrogens with zero attached hydrogens (tertiary/aromatic N) is 2.